The summed E-state index contributed by atoms with van der Waals surface area (Å²) < 4.78 is 5.02. The number of amides is 1. The summed E-state index contributed by atoms with van der Waals surface area (Å²) in [6, 6.07) is 10.7. The van der Waals surface area contributed by atoms with E-state index in [1.54, 1.807) is 0 Å². The Morgan fingerprint density at radius 3 is 2.82 bits per heavy atom. The van der Waals surface area contributed by atoms with E-state index in [9.17, 15) is 4.79 Å². The van der Waals surface area contributed by atoms with Crippen molar-refractivity contribution in [3.05, 3.63) is 35.9 Å². The number of ether oxygens (including phenoxy) is 1. The molecule has 1 aromatic rings. The lowest BCUT2D eigenvalue weighted by atomic mass is 10.1. The molecular weight excluding hydrogens is 216 g/mol. The lowest BCUT2D eigenvalue weighted by molar-refractivity contribution is 0.105. The quantitative estimate of drug-likeness (QED) is 0.869. The van der Waals surface area contributed by atoms with Gasteiger partial charge in [-0.05, 0) is 18.9 Å². The first kappa shape index (κ1) is 11.9. The maximum Gasteiger partial charge on any atom is 0.404 e. The number of likely N-dealkylation sites (tertiary alicyclic amines) is 1. The molecule has 92 valence electrons. The van der Waals surface area contributed by atoms with Gasteiger partial charge in [0.05, 0.1) is 0 Å². The van der Waals surface area contributed by atoms with Crippen LogP contribution >= 0.6 is 0 Å². The summed E-state index contributed by atoms with van der Waals surface area (Å²) in [5.74, 6) is 0. The minimum absolute atomic E-state index is 0.0568. The van der Waals surface area contributed by atoms with Crippen LogP contribution in [0.15, 0.2) is 30.3 Å². The summed E-state index contributed by atoms with van der Waals surface area (Å²) in [4.78, 5) is 13.0. The van der Waals surface area contributed by atoms with Crippen molar-refractivity contribution in [1.82, 2.24) is 4.90 Å². The molecule has 1 aliphatic heterocycles. The lowest BCUT2D eigenvalue weighted by Crippen LogP contribution is -2.28. The number of nitrogens with two attached hydrogens (primary N) is 1. The average molecular weight is 234 g/mol. The predicted molar refractivity (Wildman–Crippen MR) is 65.5 cm³/mol. The fourth-order valence-electron chi connectivity index (χ4n) is 2.31. The minimum Gasteiger partial charge on any atom is -0.445 e. The van der Waals surface area contributed by atoms with Crippen LogP contribution in [0, 0.1) is 0 Å². The second-order valence-corrected chi connectivity index (χ2v) is 4.43. The van der Waals surface area contributed by atoms with E-state index in [4.69, 9.17) is 10.5 Å². The predicted octanol–water partition coefficient (Wildman–Crippen LogP) is 1.92. The number of hydrogen-bond acceptors (Lipinski definition) is 3. The largest absolute Gasteiger partial charge is 0.445 e. The molecule has 17 heavy (non-hydrogen) atoms. The van der Waals surface area contributed by atoms with Crippen molar-refractivity contribution in [2.45, 2.75) is 25.5 Å². The maximum atomic E-state index is 10.7. The molecule has 1 aromatic carbocycles. The monoisotopic (exact) mass is 234 g/mol. The molecule has 2 N–H and O–H groups in total. The third-order valence-electron chi connectivity index (χ3n) is 3.29. The van der Waals surface area contributed by atoms with Gasteiger partial charge in [-0.2, -0.15) is 0 Å². The van der Waals surface area contributed by atoms with Crippen LogP contribution in [0.25, 0.3) is 0 Å². The minimum atomic E-state index is -0.677. The molecule has 0 aliphatic carbocycles. The van der Waals surface area contributed by atoms with E-state index in [0.717, 1.165) is 19.5 Å². The zero-order chi connectivity index (χ0) is 12.3. The zero-order valence-corrected chi connectivity index (χ0v) is 10.0. The second kappa shape index (κ2) is 5.19. The molecule has 1 amide bonds. The molecule has 2 rings (SSSR count). The Morgan fingerprint density at radius 2 is 2.18 bits per heavy atom. The summed E-state index contributed by atoms with van der Waals surface area (Å²) in [5, 5.41) is 0. The normalized spacial score (nSPS) is 22.3. The topological polar surface area (TPSA) is 55.6 Å². The maximum absolute atomic E-state index is 10.7. The smallest absolute Gasteiger partial charge is 0.404 e. The summed E-state index contributed by atoms with van der Waals surface area (Å²) >= 11 is 0. The Hall–Kier alpha value is -1.55. The number of hydrogen-bond donors (Lipinski definition) is 1. The van der Waals surface area contributed by atoms with Crippen LogP contribution in [-0.4, -0.2) is 30.2 Å². The molecule has 0 aromatic heterocycles. The van der Waals surface area contributed by atoms with Crippen molar-refractivity contribution >= 4 is 6.09 Å². The van der Waals surface area contributed by atoms with E-state index in [1.165, 1.54) is 5.56 Å². The summed E-state index contributed by atoms with van der Waals surface area (Å²) in [6.07, 6.45) is 0.128. The molecular formula is C13H18N2O2. The van der Waals surface area contributed by atoms with Crippen molar-refractivity contribution in [3.63, 3.8) is 0 Å². The van der Waals surface area contributed by atoms with E-state index in [0.29, 0.717) is 6.04 Å². The van der Waals surface area contributed by atoms with Crippen molar-refractivity contribution in [1.29, 1.82) is 0 Å². The molecule has 2 atom stereocenters. The third-order valence-corrected chi connectivity index (χ3v) is 3.29. The van der Waals surface area contributed by atoms with E-state index >= 15 is 0 Å². The molecule has 0 bridgehead atoms. The van der Waals surface area contributed by atoms with E-state index in [-0.39, 0.29) is 6.10 Å². The van der Waals surface area contributed by atoms with Crippen LogP contribution in [0.5, 0.6) is 0 Å². The van der Waals surface area contributed by atoms with E-state index in [1.807, 2.05) is 18.2 Å². The van der Waals surface area contributed by atoms with Crippen LogP contribution in [0.1, 0.15) is 24.9 Å². The molecule has 0 spiro atoms. The Bertz CT molecular complexity index is 380. The molecule has 1 saturated heterocycles. The Balaban J connectivity index is 1.94. The first-order chi connectivity index (χ1) is 8.16. The van der Waals surface area contributed by atoms with Gasteiger partial charge in [0.15, 0.2) is 0 Å². The Labute approximate surface area is 101 Å². The van der Waals surface area contributed by atoms with Gasteiger partial charge in [-0.15, -0.1) is 0 Å². The lowest BCUT2D eigenvalue weighted by Gasteiger charge is -2.24. The number of rotatable bonds is 3. The number of primary amides is 1. The van der Waals surface area contributed by atoms with Crippen molar-refractivity contribution in [2.24, 2.45) is 5.73 Å². The highest BCUT2D eigenvalue weighted by molar-refractivity contribution is 5.64. The summed E-state index contributed by atoms with van der Waals surface area (Å²) in [6.45, 7) is 3.87. The second-order valence-electron chi connectivity index (χ2n) is 4.43. The molecule has 1 aliphatic rings. The van der Waals surface area contributed by atoms with Crippen molar-refractivity contribution in [3.8, 4) is 0 Å². The summed E-state index contributed by atoms with van der Waals surface area (Å²) in [7, 11) is 0. The molecule has 1 unspecified atom stereocenters. The SMILES string of the molecule is C[C@@H](c1ccccc1)N1CCC(OC(N)=O)C1. The van der Waals surface area contributed by atoms with Gasteiger partial charge < -0.3 is 10.5 Å². The van der Waals surface area contributed by atoms with Crippen LogP contribution in [0.2, 0.25) is 0 Å². The van der Waals surface area contributed by atoms with Gasteiger partial charge in [0.2, 0.25) is 0 Å². The molecule has 0 saturated carbocycles. The van der Waals surface area contributed by atoms with Crippen LogP contribution in [-0.2, 0) is 4.74 Å². The molecule has 4 nitrogen and oxygen atoms in total. The summed E-state index contributed by atoms with van der Waals surface area (Å²) in [5.41, 5.74) is 6.31. The van der Waals surface area contributed by atoms with E-state index in [2.05, 4.69) is 24.0 Å². The third kappa shape index (κ3) is 2.97. The average Bonchev–Trinajstić information content (AvgIpc) is 2.77. The molecule has 1 heterocycles. The number of benzene rings is 1. The number of carbonyl (C=O) groups excluding carboxylic acids is 1. The highest BCUT2D eigenvalue weighted by Crippen LogP contribution is 2.25. The molecule has 4 heteroatoms. The van der Waals surface area contributed by atoms with Crippen molar-refractivity contribution in [2.75, 3.05) is 13.1 Å². The Kier molecular flexibility index (Phi) is 3.64. The van der Waals surface area contributed by atoms with Gasteiger partial charge in [-0.25, -0.2) is 4.79 Å². The molecule has 0 radical (unpaired) electrons. The van der Waals surface area contributed by atoms with Gasteiger partial charge in [0.25, 0.3) is 0 Å². The Morgan fingerprint density at radius 1 is 1.47 bits per heavy atom. The van der Waals surface area contributed by atoms with Gasteiger partial charge in [0, 0.05) is 19.1 Å². The van der Waals surface area contributed by atoms with Crippen LogP contribution < -0.4 is 5.73 Å². The van der Waals surface area contributed by atoms with Gasteiger partial charge >= 0.3 is 6.09 Å². The van der Waals surface area contributed by atoms with Gasteiger partial charge in [-0.3, -0.25) is 4.90 Å². The number of nitrogens with zero attached hydrogens (tertiary/aromatic N) is 1. The van der Waals surface area contributed by atoms with Gasteiger partial charge in [-0.1, -0.05) is 30.3 Å². The first-order valence-corrected chi connectivity index (χ1v) is 5.92. The fraction of sp³-hybridized carbons (Fsp3) is 0.462. The molecule has 1 fully saturated rings. The van der Waals surface area contributed by atoms with Crippen molar-refractivity contribution < 1.29 is 9.53 Å². The van der Waals surface area contributed by atoms with Crippen LogP contribution in [0.3, 0.4) is 0 Å². The zero-order valence-electron chi connectivity index (χ0n) is 10.0. The van der Waals surface area contributed by atoms with Crippen LogP contribution in [0.4, 0.5) is 4.79 Å². The standard InChI is InChI=1S/C13H18N2O2/c1-10(11-5-3-2-4-6-11)15-8-7-12(9-15)17-13(14)16/h2-6,10,12H,7-9H2,1H3,(H2,14,16)/t10-,12?/m0/s1. The highest BCUT2D eigenvalue weighted by Gasteiger charge is 2.28. The fourth-order valence-corrected chi connectivity index (χ4v) is 2.31. The van der Waals surface area contributed by atoms with E-state index < -0.39 is 6.09 Å². The number of carbonyl (C=O) groups is 1. The highest BCUT2D eigenvalue weighted by atomic mass is 16.6. The first-order valence-electron chi connectivity index (χ1n) is 5.92. The van der Waals surface area contributed by atoms with Gasteiger partial charge in [0.1, 0.15) is 6.10 Å².